The first-order chi connectivity index (χ1) is 13.3. The molecule has 1 heterocycles. The van der Waals surface area contributed by atoms with Gasteiger partial charge in [0.15, 0.2) is 0 Å². The van der Waals surface area contributed by atoms with Gasteiger partial charge in [0.2, 0.25) is 15.9 Å². The first-order valence-electron chi connectivity index (χ1n) is 9.42. The van der Waals surface area contributed by atoms with Gasteiger partial charge in [-0.05, 0) is 62.1 Å². The number of rotatable bonds is 5. The molecule has 0 bridgehead atoms. The van der Waals surface area contributed by atoms with E-state index in [-0.39, 0.29) is 17.2 Å². The van der Waals surface area contributed by atoms with Gasteiger partial charge in [0.25, 0.3) is 0 Å². The van der Waals surface area contributed by atoms with Crippen molar-refractivity contribution in [1.29, 1.82) is 0 Å². The molecule has 1 saturated heterocycles. The Morgan fingerprint density at radius 2 is 1.75 bits per heavy atom. The predicted molar refractivity (Wildman–Crippen MR) is 107 cm³/mol. The number of para-hydroxylation sites is 1. The summed E-state index contributed by atoms with van der Waals surface area (Å²) in [6.07, 6.45) is 2.33. The second-order valence-electron chi connectivity index (χ2n) is 7.24. The quantitative estimate of drug-likeness (QED) is 0.819. The molecule has 2 aromatic carbocycles. The summed E-state index contributed by atoms with van der Waals surface area (Å²) in [4.78, 5) is 12.7. The van der Waals surface area contributed by atoms with E-state index in [9.17, 15) is 17.6 Å². The average Bonchev–Trinajstić information content (AvgIpc) is 2.65. The maximum atomic E-state index is 13.2. The molecule has 1 aliphatic heterocycles. The maximum absolute atomic E-state index is 13.2. The fourth-order valence-electron chi connectivity index (χ4n) is 3.65. The van der Waals surface area contributed by atoms with Gasteiger partial charge in [-0.1, -0.05) is 24.6 Å². The first kappa shape index (κ1) is 20.5. The third kappa shape index (κ3) is 4.42. The van der Waals surface area contributed by atoms with Crippen molar-refractivity contribution in [2.75, 3.05) is 11.9 Å². The molecule has 1 N–H and O–H groups in total. The lowest BCUT2D eigenvalue weighted by Gasteiger charge is -2.34. The number of nitrogens with one attached hydrogen (secondary N) is 1. The third-order valence-electron chi connectivity index (χ3n) is 5.16. The standard InChI is InChI=1S/C21H25FN2O3S/c1-15-6-5-7-16(2)21(15)23-20(25)14-18-8-3-4-13-24(18)28(26,27)19-11-9-17(22)10-12-19/h5-7,9-12,18H,3-4,8,13-14H2,1-2H3,(H,23,25)/t18-/m0/s1. The van der Waals surface area contributed by atoms with Crippen LogP contribution in [0.1, 0.15) is 36.8 Å². The van der Waals surface area contributed by atoms with Crippen molar-refractivity contribution in [3.63, 3.8) is 0 Å². The number of hydrogen-bond donors (Lipinski definition) is 1. The van der Waals surface area contributed by atoms with Gasteiger partial charge < -0.3 is 5.32 Å². The number of amides is 1. The number of nitrogens with zero attached hydrogens (tertiary/aromatic N) is 1. The summed E-state index contributed by atoms with van der Waals surface area (Å²) in [7, 11) is -3.78. The zero-order valence-electron chi connectivity index (χ0n) is 16.1. The van der Waals surface area contributed by atoms with Crippen LogP contribution in [0.25, 0.3) is 0 Å². The van der Waals surface area contributed by atoms with Crippen LogP contribution in [0.4, 0.5) is 10.1 Å². The fourth-order valence-corrected chi connectivity index (χ4v) is 5.35. The smallest absolute Gasteiger partial charge is 0.243 e. The number of carbonyl (C=O) groups excluding carboxylic acids is 1. The summed E-state index contributed by atoms with van der Waals surface area (Å²) in [6, 6.07) is 10.2. The lowest BCUT2D eigenvalue weighted by atomic mass is 10.0. The molecule has 0 saturated carbocycles. The Kier molecular flexibility index (Phi) is 6.15. The zero-order valence-corrected chi connectivity index (χ0v) is 16.9. The van der Waals surface area contributed by atoms with Crippen molar-refractivity contribution in [3.05, 3.63) is 59.4 Å². The van der Waals surface area contributed by atoms with Crippen LogP contribution in [0, 0.1) is 19.7 Å². The number of hydrogen-bond acceptors (Lipinski definition) is 3. The molecule has 0 unspecified atom stereocenters. The number of anilines is 1. The summed E-state index contributed by atoms with van der Waals surface area (Å²) >= 11 is 0. The summed E-state index contributed by atoms with van der Waals surface area (Å²) < 4.78 is 40.6. The zero-order chi connectivity index (χ0) is 20.3. The molecule has 1 fully saturated rings. The highest BCUT2D eigenvalue weighted by molar-refractivity contribution is 7.89. The molecule has 7 heteroatoms. The Bertz CT molecular complexity index is 938. The summed E-state index contributed by atoms with van der Waals surface area (Å²) in [5, 5.41) is 2.94. The first-order valence-corrected chi connectivity index (χ1v) is 10.9. The Morgan fingerprint density at radius 1 is 1.11 bits per heavy atom. The molecule has 0 aromatic heterocycles. The number of piperidine rings is 1. The van der Waals surface area contributed by atoms with E-state index in [1.54, 1.807) is 0 Å². The third-order valence-corrected chi connectivity index (χ3v) is 7.13. The molecule has 5 nitrogen and oxygen atoms in total. The highest BCUT2D eigenvalue weighted by Gasteiger charge is 2.34. The maximum Gasteiger partial charge on any atom is 0.243 e. The minimum absolute atomic E-state index is 0.0518. The second-order valence-corrected chi connectivity index (χ2v) is 9.13. The molecule has 1 amide bonds. The van der Waals surface area contributed by atoms with Crippen molar-refractivity contribution in [2.45, 2.75) is 50.5 Å². The van der Waals surface area contributed by atoms with E-state index in [4.69, 9.17) is 0 Å². The fraction of sp³-hybridized carbons (Fsp3) is 0.381. The van der Waals surface area contributed by atoms with Crippen molar-refractivity contribution < 1.29 is 17.6 Å². The minimum Gasteiger partial charge on any atom is -0.326 e. The largest absolute Gasteiger partial charge is 0.326 e. The summed E-state index contributed by atoms with van der Waals surface area (Å²) in [5.41, 5.74) is 2.71. The van der Waals surface area contributed by atoms with E-state index >= 15 is 0 Å². The summed E-state index contributed by atoms with van der Waals surface area (Å²) in [5.74, 6) is -0.689. The van der Waals surface area contributed by atoms with Crippen LogP contribution in [-0.2, 0) is 14.8 Å². The highest BCUT2D eigenvalue weighted by Crippen LogP contribution is 2.28. The molecule has 1 atom stereocenters. The van der Waals surface area contributed by atoms with E-state index in [1.165, 1.54) is 16.4 Å². The average molecular weight is 405 g/mol. The van der Waals surface area contributed by atoms with E-state index in [0.717, 1.165) is 41.8 Å². The van der Waals surface area contributed by atoms with Crippen LogP contribution in [0.2, 0.25) is 0 Å². The van der Waals surface area contributed by atoms with Crippen molar-refractivity contribution in [2.24, 2.45) is 0 Å². The van der Waals surface area contributed by atoms with E-state index < -0.39 is 21.9 Å². The van der Waals surface area contributed by atoms with Gasteiger partial charge in [-0.15, -0.1) is 0 Å². The minimum atomic E-state index is -3.78. The SMILES string of the molecule is Cc1cccc(C)c1NC(=O)C[C@@H]1CCCCN1S(=O)(=O)c1ccc(F)cc1. The van der Waals surface area contributed by atoms with Crippen LogP contribution >= 0.6 is 0 Å². The molecular weight excluding hydrogens is 379 g/mol. The van der Waals surface area contributed by atoms with Crippen LogP contribution in [0.15, 0.2) is 47.4 Å². The van der Waals surface area contributed by atoms with Gasteiger partial charge in [-0.3, -0.25) is 4.79 Å². The highest BCUT2D eigenvalue weighted by atomic mass is 32.2. The van der Waals surface area contributed by atoms with E-state index in [1.807, 2.05) is 32.0 Å². The van der Waals surface area contributed by atoms with Gasteiger partial charge in [0, 0.05) is 24.7 Å². The van der Waals surface area contributed by atoms with Crippen molar-refractivity contribution in [3.8, 4) is 0 Å². The number of aryl methyl sites for hydroxylation is 2. The summed E-state index contributed by atoms with van der Waals surface area (Å²) in [6.45, 7) is 4.21. The van der Waals surface area contributed by atoms with Gasteiger partial charge >= 0.3 is 0 Å². The molecule has 28 heavy (non-hydrogen) atoms. The molecule has 1 aliphatic rings. The number of sulfonamides is 1. The normalized spacial score (nSPS) is 18.0. The van der Waals surface area contributed by atoms with Crippen LogP contribution in [0.5, 0.6) is 0 Å². The Labute approximate surface area is 165 Å². The van der Waals surface area contributed by atoms with Gasteiger partial charge in [0.05, 0.1) is 4.90 Å². The Morgan fingerprint density at radius 3 is 2.39 bits per heavy atom. The van der Waals surface area contributed by atoms with Gasteiger partial charge in [-0.25, -0.2) is 12.8 Å². The molecule has 0 radical (unpaired) electrons. The lowest BCUT2D eigenvalue weighted by molar-refractivity contribution is -0.117. The topological polar surface area (TPSA) is 66.5 Å². The van der Waals surface area contributed by atoms with Crippen LogP contribution < -0.4 is 5.32 Å². The van der Waals surface area contributed by atoms with Crippen LogP contribution in [-0.4, -0.2) is 31.2 Å². The predicted octanol–water partition coefficient (Wildman–Crippen LogP) is 4.01. The molecule has 0 spiro atoms. The molecule has 150 valence electrons. The Balaban J connectivity index is 1.78. The monoisotopic (exact) mass is 404 g/mol. The molecule has 3 rings (SSSR count). The van der Waals surface area contributed by atoms with Crippen molar-refractivity contribution in [1.82, 2.24) is 4.31 Å². The second kappa shape index (κ2) is 8.41. The van der Waals surface area contributed by atoms with Gasteiger partial charge in [0.1, 0.15) is 5.82 Å². The molecule has 0 aliphatic carbocycles. The molecule has 2 aromatic rings. The van der Waals surface area contributed by atoms with E-state index in [0.29, 0.717) is 13.0 Å². The number of carbonyl (C=O) groups is 1. The number of benzene rings is 2. The molecular formula is C21H25FN2O3S. The number of halogens is 1. The van der Waals surface area contributed by atoms with Crippen LogP contribution in [0.3, 0.4) is 0 Å². The van der Waals surface area contributed by atoms with E-state index in [2.05, 4.69) is 5.32 Å². The van der Waals surface area contributed by atoms with Gasteiger partial charge in [-0.2, -0.15) is 4.31 Å². The lowest BCUT2D eigenvalue weighted by Crippen LogP contribution is -2.45. The van der Waals surface area contributed by atoms with Crippen molar-refractivity contribution >= 4 is 21.6 Å². The Hall–Kier alpha value is -2.25.